The van der Waals surface area contributed by atoms with E-state index < -0.39 is 0 Å². The topological polar surface area (TPSA) is 70.1 Å². The number of aromatic nitrogens is 1. The highest BCUT2D eigenvalue weighted by Crippen LogP contribution is 2.33. The summed E-state index contributed by atoms with van der Waals surface area (Å²) in [5.74, 6) is -0.748. The van der Waals surface area contributed by atoms with Gasteiger partial charge in [0.15, 0.2) is 11.7 Å². The third-order valence-corrected chi connectivity index (χ3v) is 5.68. The van der Waals surface area contributed by atoms with Gasteiger partial charge in [0.05, 0.1) is 30.0 Å². The van der Waals surface area contributed by atoms with Crippen LogP contribution in [-0.2, 0) is 9.47 Å². The summed E-state index contributed by atoms with van der Waals surface area (Å²) >= 11 is 0. The minimum Gasteiger partial charge on any atom is -0.494 e. The molecule has 2 N–H and O–H groups in total. The van der Waals surface area contributed by atoms with Crippen molar-refractivity contribution in [1.82, 2.24) is 4.98 Å². The van der Waals surface area contributed by atoms with Crippen LogP contribution in [0.15, 0.2) is 47.5 Å². The van der Waals surface area contributed by atoms with Crippen molar-refractivity contribution in [2.75, 3.05) is 31.2 Å². The minimum atomic E-state index is -0.370. The third kappa shape index (κ3) is 3.47. The lowest BCUT2D eigenvalue weighted by Gasteiger charge is -2.38. The largest absolute Gasteiger partial charge is 0.494 e. The summed E-state index contributed by atoms with van der Waals surface area (Å²) in [7, 11) is 0. The Labute approximate surface area is 167 Å². The van der Waals surface area contributed by atoms with Crippen LogP contribution < -0.4 is 4.90 Å². The highest BCUT2D eigenvalue weighted by atomic mass is 19.1. The number of H-pyrrole nitrogens is 1. The van der Waals surface area contributed by atoms with E-state index in [0.29, 0.717) is 24.3 Å². The van der Waals surface area contributed by atoms with Gasteiger partial charge in [-0.3, -0.25) is 4.99 Å². The number of halogens is 1. The summed E-state index contributed by atoms with van der Waals surface area (Å²) in [5.41, 5.74) is 3.00. The predicted octanol–water partition coefficient (Wildman–Crippen LogP) is 4.11. The monoisotopic (exact) mass is 395 g/mol. The molecular weight excluding hydrogens is 373 g/mol. The number of anilines is 1. The molecule has 6 nitrogen and oxygen atoms in total. The van der Waals surface area contributed by atoms with Crippen molar-refractivity contribution in [2.45, 2.75) is 18.6 Å². The fourth-order valence-electron chi connectivity index (χ4n) is 4.09. The van der Waals surface area contributed by atoms with Crippen LogP contribution in [0, 0.1) is 5.82 Å². The number of fused-ring (bicyclic) bond motifs is 1. The second-order valence-corrected chi connectivity index (χ2v) is 7.45. The molecule has 1 aromatic heterocycles. The molecule has 0 saturated carbocycles. The first-order valence-electron chi connectivity index (χ1n) is 9.79. The molecule has 0 radical (unpaired) electrons. The average molecular weight is 395 g/mol. The lowest BCUT2D eigenvalue weighted by molar-refractivity contribution is -0.169. The van der Waals surface area contributed by atoms with Gasteiger partial charge in [-0.1, -0.05) is 0 Å². The molecule has 7 heteroatoms. The number of hydrogen-bond donors (Lipinski definition) is 2. The van der Waals surface area contributed by atoms with Crippen molar-refractivity contribution in [2.24, 2.45) is 4.99 Å². The van der Waals surface area contributed by atoms with Crippen molar-refractivity contribution in [3.63, 3.8) is 0 Å². The molecule has 0 bridgehead atoms. The maximum absolute atomic E-state index is 13.4. The van der Waals surface area contributed by atoms with Gasteiger partial charge in [0.2, 0.25) is 0 Å². The number of benzene rings is 2. The van der Waals surface area contributed by atoms with Gasteiger partial charge in [0.1, 0.15) is 5.82 Å². The van der Waals surface area contributed by atoms with Crippen LogP contribution in [0.25, 0.3) is 10.9 Å². The highest BCUT2D eigenvalue weighted by molar-refractivity contribution is 6.02. The maximum atomic E-state index is 13.4. The third-order valence-electron chi connectivity index (χ3n) is 5.68. The summed E-state index contributed by atoms with van der Waals surface area (Å²) in [4.78, 5) is 9.57. The van der Waals surface area contributed by atoms with Gasteiger partial charge in [0, 0.05) is 43.2 Å². The standard InChI is InChI=1S/C22H22FN3O3/c23-15-1-6-18-19(21(27)25-20(18)13-15)14-24-16-2-4-17(5-3-16)26-9-7-22(8-10-26)28-11-12-29-22/h1-6,13-14,25,27H,7-12H2. The molecule has 2 aliphatic heterocycles. The number of aromatic hydroxyl groups is 1. The van der Waals surface area contributed by atoms with Crippen molar-refractivity contribution in [3.05, 3.63) is 53.8 Å². The quantitative estimate of drug-likeness (QED) is 0.655. The van der Waals surface area contributed by atoms with Crippen molar-refractivity contribution >= 4 is 28.5 Å². The number of ether oxygens (including phenoxy) is 2. The zero-order valence-corrected chi connectivity index (χ0v) is 15.9. The van der Waals surface area contributed by atoms with Crippen LogP contribution in [0.5, 0.6) is 5.88 Å². The van der Waals surface area contributed by atoms with Crippen molar-refractivity contribution in [1.29, 1.82) is 0 Å². The smallest absolute Gasteiger partial charge is 0.198 e. The molecule has 2 aliphatic rings. The fraction of sp³-hybridized carbons (Fsp3) is 0.318. The Balaban J connectivity index is 1.29. The van der Waals surface area contributed by atoms with Gasteiger partial charge in [-0.2, -0.15) is 0 Å². The molecular formula is C22H22FN3O3. The van der Waals surface area contributed by atoms with Crippen molar-refractivity contribution < 1.29 is 19.0 Å². The normalized spacial score (nSPS) is 19.0. The highest BCUT2D eigenvalue weighted by Gasteiger charge is 2.39. The average Bonchev–Trinajstić information content (AvgIpc) is 3.31. The lowest BCUT2D eigenvalue weighted by Crippen LogP contribution is -2.45. The van der Waals surface area contributed by atoms with E-state index in [-0.39, 0.29) is 17.5 Å². The number of nitrogens with one attached hydrogen (secondary N) is 1. The van der Waals surface area contributed by atoms with Gasteiger partial charge in [0.25, 0.3) is 0 Å². The van der Waals surface area contributed by atoms with E-state index in [1.54, 1.807) is 12.3 Å². The molecule has 1 spiro atoms. The van der Waals surface area contributed by atoms with E-state index >= 15 is 0 Å². The molecule has 0 aliphatic carbocycles. The van der Waals surface area contributed by atoms with Crippen LogP contribution in [0.2, 0.25) is 0 Å². The van der Waals surface area contributed by atoms with Crippen LogP contribution >= 0.6 is 0 Å². The van der Waals surface area contributed by atoms with Gasteiger partial charge in [-0.05, 0) is 42.5 Å². The summed E-state index contributed by atoms with van der Waals surface area (Å²) in [5, 5.41) is 10.8. The first-order valence-corrected chi connectivity index (χ1v) is 9.79. The SMILES string of the molecule is Oc1[nH]c2cc(F)ccc2c1C=Nc1ccc(N2CCC3(CC2)OCCO3)cc1. The van der Waals surface area contributed by atoms with Gasteiger partial charge in [-0.15, -0.1) is 0 Å². The van der Waals surface area contributed by atoms with Gasteiger partial charge in [-0.25, -0.2) is 4.39 Å². The molecule has 3 aromatic rings. The minimum absolute atomic E-state index is 0.0235. The fourth-order valence-corrected chi connectivity index (χ4v) is 4.09. The lowest BCUT2D eigenvalue weighted by atomic mass is 10.0. The van der Waals surface area contributed by atoms with Crippen LogP contribution in [-0.4, -0.2) is 48.4 Å². The van der Waals surface area contributed by atoms with E-state index in [4.69, 9.17) is 9.47 Å². The van der Waals surface area contributed by atoms with E-state index in [1.165, 1.54) is 12.1 Å². The molecule has 0 amide bonds. The van der Waals surface area contributed by atoms with Crippen LogP contribution in [0.3, 0.4) is 0 Å². The summed E-state index contributed by atoms with van der Waals surface area (Å²) in [6.07, 6.45) is 3.33. The second-order valence-electron chi connectivity index (χ2n) is 7.45. The van der Waals surface area contributed by atoms with Gasteiger partial charge >= 0.3 is 0 Å². The molecule has 2 saturated heterocycles. The number of hydrogen-bond acceptors (Lipinski definition) is 5. The number of aliphatic imine (C=N–C) groups is 1. The molecule has 5 rings (SSSR count). The molecule has 0 unspecified atom stereocenters. The Morgan fingerprint density at radius 1 is 1.07 bits per heavy atom. The summed E-state index contributed by atoms with van der Waals surface area (Å²) in [6.45, 7) is 3.16. The number of piperidine rings is 1. The molecule has 3 heterocycles. The summed E-state index contributed by atoms with van der Waals surface area (Å²) < 4.78 is 24.9. The second kappa shape index (κ2) is 7.17. The zero-order valence-electron chi connectivity index (χ0n) is 15.9. The van der Waals surface area contributed by atoms with Gasteiger partial charge < -0.3 is 24.5 Å². The van der Waals surface area contributed by atoms with E-state index in [0.717, 1.165) is 42.7 Å². The first-order chi connectivity index (χ1) is 14.1. The molecule has 2 aromatic carbocycles. The zero-order chi connectivity index (χ0) is 19.8. The van der Waals surface area contributed by atoms with Crippen molar-refractivity contribution in [3.8, 4) is 5.88 Å². The molecule has 2 fully saturated rings. The predicted molar refractivity (Wildman–Crippen MR) is 110 cm³/mol. The molecule has 0 atom stereocenters. The number of nitrogens with zero attached hydrogens (tertiary/aromatic N) is 2. The summed E-state index contributed by atoms with van der Waals surface area (Å²) in [6, 6.07) is 12.3. The number of aromatic amines is 1. The Morgan fingerprint density at radius 2 is 1.79 bits per heavy atom. The Kier molecular flexibility index (Phi) is 4.49. The first kappa shape index (κ1) is 18.1. The van der Waals surface area contributed by atoms with E-state index in [9.17, 15) is 9.50 Å². The maximum Gasteiger partial charge on any atom is 0.198 e. The Hall–Kier alpha value is -2.90. The molecule has 29 heavy (non-hydrogen) atoms. The number of rotatable bonds is 3. The Bertz CT molecular complexity index is 1050. The Morgan fingerprint density at radius 3 is 2.52 bits per heavy atom. The van der Waals surface area contributed by atoms with E-state index in [1.807, 2.05) is 24.3 Å². The van der Waals surface area contributed by atoms with E-state index in [2.05, 4.69) is 14.9 Å². The van der Waals surface area contributed by atoms with Crippen LogP contribution in [0.1, 0.15) is 18.4 Å². The molecule has 150 valence electrons. The van der Waals surface area contributed by atoms with Crippen LogP contribution in [0.4, 0.5) is 15.8 Å².